The number of hydrogen-bond acceptors (Lipinski definition) is 3. The summed E-state index contributed by atoms with van der Waals surface area (Å²) in [4.78, 5) is 11.9. The number of rotatable bonds is 4. The molecule has 1 atom stereocenters. The first-order valence-corrected chi connectivity index (χ1v) is 6.35. The Morgan fingerprint density at radius 3 is 3.24 bits per heavy atom. The molecule has 5 heteroatoms. The molecule has 1 amide bonds. The zero-order valence-electron chi connectivity index (χ0n) is 10.3. The highest BCUT2D eigenvalue weighted by Gasteiger charge is 2.21. The van der Waals surface area contributed by atoms with Gasteiger partial charge in [-0.1, -0.05) is 13.3 Å². The monoisotopic (exact) mass is 236 g/mol. The van der Waals surface area contributed by atoms with Crippen molar-refractivity contribution in [2.24, 2.45) is 5.92 Å². The van der Waals surface area contributed by atoms with Crippen molar-refractivity contribution in [3.05, 3.63) is 11.8 Å². The molecule has 0 spiro atoms. The molecule has 0 unspecified atom stereocenters. The van der Waals surface area contributed by atoms with Crippen LogP contribution in [0.1, 0.15) is 31.9 Å². The van der Waals surface area contributed by atoms with E-state index in [4.69, 9.17) is 0 Å². The van der Waals surface area contributed by atoms with E-state index in [2.05, 4.69) is 27.8 Å². The number of aromatic nitrogens is 2. The van der Waals surface area contributed by atoms with Gasteiger partial charge in [-0.3, -0.25) is 9.89 Å². The number of aromatic amines is 1. The number of carbonyl (C=O) groups excluding carboxylic acids is 1. The summed E-state index contributed by atoms with van der Waals surface area (Å²) in [5.41, 5.74) is 1.07. The number of amides is 1. The van der Waals surface area contributed by atoms with Gasteiger partial charge in [0.15, 0.2) is 5.82 Å². The van der Waals surface area contributed by atoms with Gasteiger partial charge >= 0.3 is 0 Å². The molecule has 3 N–H and O–H groups in total. The Labute approximate surface area is 101 Å². The van der Waals surface area contributed by atoms with Crippen LogP contribution in [0.2, 0.25) is 0 Å². The molecular formula is C12H20N4O. The molecule has 0 saturated carbocycles. The normalized spacial score (nSPS) is 20.2. The fourth-order valence-electron chi connectivity index (χ4n) is 2.13. The van der Waals surface area contributed by atoms with Crippen LogP contribution in [0.4, 0.5) is 5.82 Å². The molecule has 1 aliphatic rings. The van der Waals surface area contributed by atoms with Gasteiger partial charge < -0.3 is 10.6 Å². The van der Waals surface area contributed by atoms with E-state index in [-0.39, 0.29) is 11.8 Å². The minimum Gasteiger partial charge on any atom is -0.316 e. The van der Waals surface area contributed by atoms with Crippen molar-refractivity contribution in [2.75, 3.05) is 18.4 Å². The van der Waals surface area contributed by atoms with Crippen LogP contribution < -0.4 is 10.6 Å². The number of anilines is 1. The van der Waals surface area contributed by atoms with Crippen molar-refractivity contribution in [2.45, 2.75) is 32.6 Å². The molecule has 1 saturated heterocycles. The zero-order valence-corrected chi connectivity index (χ0v) is 10.3. The summed E-state index contributed by atoms with van der Waals surface area (Å²) in [6.07, 6.45) is 4.07. The molecule has 1 aliphatic heterocycles. The lowest BCUT2D eigenvalue weighted by Crippen LogP contribution is -2.37. The quantitative estimate of drug-likeness (QED) is 0.738. The molecule has 0 aromatic carbocycles. The molecule has 2 heterocycles. The van der Waals surface area contributed by atoms with E-state index in [1.54, 1.807) is 0 Å². The van der Waals surface area contributed by atoms with Crippen LogP contribution in [-0.2, 0) is 11.2 Å². The van der Waals surface area contributed by atoms with Crippen LogP contribution >= 0.6 is 0 Å². The summed E-state index contributed by atoms with van der Waals surface area (Å²) in [7, 11) is 0. The highest BCUT2D eigenvalue weighted by atomic mass is 16.2. The van der Waals surface area contributed by atoms with E-state index in [0.717, 1.165) is 44.5 Å². The van der Waals surface area contributed by atoms with Gasteiger partial charge in [0, 0.05) is 18.3 Å². The van der Waals surface area contributed by atoms with Crippen molar-refractivity contribution in [3.63, 3.8) is 0 Å². The van der Waals surface area contributed by atoms with Crippen LogP contribution in [0.5, 0.6) is 0 Å². The third-order valence-corrected chi connectivity index (χ3v) is 3.07. The van der Waals surface area contributed by atoms with Crippen molar-refractivity contribution in [1.29, 1.82) is 0 Å². The van der Waals surface area contributed by atoms with Crippen molar-refractivity contribution < 1.29 is 4.79 Å². The number of H-pyrrole nitrogens is 1. The zero-order chi connectivity index (χ0) is 12.1. The van der Waals surface area contributed by atoms with Gasteiger partial charge in [-0.15, -0.1) is 0 Å². The summed E-state index contributed by atoms with van der Waals surface area (Å²) in [5.74, 6) is 0.797. The number of nitrogens with one attached hydrogen (secondary N) is 3. The lowest BCUT2D eigenvalue weighted by molar-refractivity contribution is -0.120. The van der Waals surface area contributed by atoms with Gasteiger partial charge in [0.05, 0.1) is 5.92 Å². The molecule has 17 heavy (non-hydrogen) atoms. The average Bonchev–Trinajstić information content (AvgIpc) is 2.78. The fraction of sp³-hybridized carbons (Fsp3) is 0.667. The van der Waals surface area contributed by atoms with E-state index >= 15 is 0 Å². The maximum Gasteiger partial charge on any atom is 0.229 e. The lowest BCUT2D eigenvalue weighted by Gasteiger charge is -2.21. The Balaban J connectivity index is 1.88. The minimum absolute atomic E-state index is 0.0757. The van der Waals surface area contributed by atoms with E-state index in [1.165, 1.54) is 0 Å². The SMILES string of the molecule is CCCc1cc(NC(=O)[C@H]2CCCNC2)n[nH]1. The Kier molecular flexibility index (Phi) is 4.14. The van der Waals surface area contributed by atoms with Crippen molar-refractivity contribution in [3.8, 4) is 0 Å². The van der Waals surface area contributed by atoms with E-state index < -0.39 is 0 Å². The van der Waals surface area contributed by atoms with E-state index in [0.29, 0.717) is 5.82 Å². The molecule has 1 fully saturated rings. The first-order valence-electron chi connectivity index (χ1n) is 6.35. The predicted molar refractivity (Wildman–Crippen MR) is 66.8 cm³/mol. The highest BCUT2D eigenvalue weighted by molar-refractivity contribution is 5.91. The Morgan fingerprint density at radius 2 is 2.53 bits per heavy atom. The second-order valence-corrected chi connectivity index (χ2v) is 4.56. The standard InChI is InChI=1S/C12H20N4O/c1-2-4-10-7-11(16-15-10)14-12(17)9-5-3-6-13-8-9/h7,9,13H,2-6,8H2,1H3,(H2,14,15,16,17)/t9-/m0/s1. The first-order chi connectivity index (χ1) is 8.29. The Bertz CT molecular complexity index is 368. The van der Waals surface area contributed by atoms with Crippen LogP contribution in [0.15, 0.2) is 6.07 Å². The number of hydrogen-bond donors (Lipinski definition) is 3. The van der Waals surface area contributed by atoms with Gasteiger partial charge in [-0.2, -0.15) is 5.10 Å². The maximum atomic E-state index is 11.9. The van der Waals surface area contributed by atoms with Crippen LogP contribution in [-0.4, -0.2) is 29.2 Å². The molecule has 0 bridgehead atoms. The van der Waals surface area contributed by atoms with Gasteiger partial charge in [-0.25, -0.2) is 0 Å². The van der Waals surface area contributed by atoms with Gasteiger partial charge in [0.25, 0.3) is 0 Å². The van der Waals surface area contributed by atoms with Crippen molar-refractivity contribution in [1.82, 2.24) is 15.5 Å². The molecular weight excluding hydrogens is 216 g/mol. The summed E-state index contributed by atoms with van der Waals surface area (Å²) in [5, 5.41) is 13.1. The number of carbonyl (C=O) groups is 1. The lowest BCUT2D eigenvalue weighted by atomic mass is 9.99. The number of piperidine rings is 1. The van der Waals surface area contributed by atoms with E-state index in [1.807, 2.05) is 6.07 Å². The predicted octanol–water partition coefficient (Wildman–Crippen LogP) is 1.30. The van der Waals surface area contributed by atoms with Crippen LogP contribution in [0.3, 0.4) is 0 Å². The van der Waals surface area contributed by atoms with Gasteiger partial charge in [-0.05, 0) is 25.8 Å². The summed E-state index contributed by atoms with van der Waals surface area (Å²) < 4.78 is 0. The molecule has 0 aliphatic carbocycles. The molecule has 0 radical (unpaired) electrons. The smallest absolute Gasteiger partial charge is 0.229 e. The van der Waals surface area contributed by atoms with E-state index in [9.17, 15) is 4.79 Å². The molecule has 94 valence electrons. The number of aryl methyl sites for hydroxylation is 1. The summed E-state index contributed by atoms with van der Waals surface area (Å²) >= 11 is 0. The minimum atomic E-state index is 0.0757. The van der Waals surface area contributed by atoms with Crippen LogP contribution in [0.25, 0.3) is 0 Å². The Hall–Kier alpha value is -1.36. The molecule has 1 aromatic heterocycles. The topological polar surface area (TPSA) is 69.8 Å². The summed E-state index contributed by atoms with van der Waals surface area (Å²) in [6, 6.07) is 1.91. The van der Waals surface area contributed by atoms with Crippen molar-refractivity contribution >= 4 is 11.7 Å². The summed E-state index contributed by atoms with van der Waals surface area (Å²) in [6.45, 7) is 3.91. The van der Waals surface area contributed by atoms with Crippen LogP contribution in [0, 0.1) is 5.92 Å². The largest absolute Gasteiger partial charge is 0.316 e. The molecule has 2 rings (SSSR count). The molecule has 1 aromatic rings. The fourth-order valence-corrected chi connectivity index (χ4v) is 2.13. The Morgan fingerprint density at radius 1 is 1.65 bits per heavy atom. The third-order valence-electron chi connectivity index (χ3n) is 3.07. The second-order valence-electron chi connectivity index (χ2n) is 4.56. The third kappa shape index (κ3) is 3.30. The second kappa shape index (κ2) is 5.82. The number of nitrogens with zero attached hydrogens (tertiary/aromatic N) is 1. The maximum absolute atomic E-state index is 11.9. The molecule has 5 nitrogen and oxygen atoms in total. The first kappa shape index (κ1) is 12.1. The van der Waals surface area contributed by atoms with Gasteiger partial charge in [0.1, 0.15) is 0 Å². The average molecular weight is 236 g/mol. The van der Waals surface area contributed by atoms with Gasteiger partial charge in [0.2, 0.25) is 5.91 Å². The highest BCUT2D eigenvalue weighted by Crippen LogP contribution is 2.13.